The third-order valence-corrected chi connectivity index (χ3v) is 5.88. The van der Waals surface area contributed by atoms with E-state index in [0.29, 0.717) is 49.1 Å². The van der Waals surface area contributed by atoms with Crippen LogP contribution in [0.2, 0.25) is 0 Å². The topological polar surface area (TPSA) is 94.2 Å². The van der Waals surface area contributed by atoms with Gasteiger partial charge in [-0.05, 0) is 42.8 Å². The standard InChI is InChI=1S/C20H24N2O6S/c1-26-12-13-28-16-6-8-17(9-7-16)29(24,25)21-15-5-10-18(19(14-15)27-2)22-11-3-4-20(22)23/h5-10,14,21H,3-4,11-13H2,1-2H3. The molecule has 1 N–H and O–H groups in total. The molecule has 0 aliphatic carbocycles. The fraction of sp³-hybridized carbons (Fsp3) is 0.350. The summed E-state index contributed by atoms with van der Waals surface area (Å²) in [5.41, 5.74) is 0.980. The summed E-state index contributed by atoms with van der Waals surface area (Å²) in [7, 11) is -0.725. The quantitative estimate of drug-likeness (QED) is 0.627. The van der Waals surface area contributed by atoms with Crippen LogP contribution < -0.4 is 19.1 Å². The zero-order valence-corrected chi connectivity index (χ0v) is 17.2. The number of amides is 1. The van der Waals surface area contributed by atoms with Crippen LogP contribution in [-0.2, 0) is 19.6 Å². The molecule has 156 valence electrons. The molecule has 8 nitrogen and oxygen atoms in total. The zero-order valence-electron chi connectivity index (χ0n) is 16.4. The fourth-order valence-corrected chi connectivity index (χ4v) is 4.09. The third kappa shape index (κ3) is 4.99. The SMILES string of the molecule is COCCOc1ccc(S(=O)(=O)Nc2ccc(N3CCCC3=O)c(OC)c2)cc1. The van der Waals surface area contributed by atoms with Gasteiger partial charge in [0.15, 0.2) is 0 Å². The van der Waals surface area contributed by atoms with Crippen LogP contribution in [0.4, 0.5) is 11.4 Å². The maximum atomic E-state index is 12.7. The van der Waals surface area contributed by atoms with Crippen molar-refractivity contribution in [2.75, 3.05) is 43.6 Å². The fourth-order valence-electron chi connectivity index (χ4n) is 3.04. The Morgan fingerprint density at radius 2 is 1.83 bits per heavy atom. The Balaban J connectivity index is 1.75. The van der Waals surface area contributed by atoms with Gasteiger partial charge in [0.1, 0.15) is 18.1 Å². The molecule has 1 fully saturated rings. The number of sulfonamides is 1. The van der Waals surface area contributed by atoms with Gasteiger partial charge in [0.05, 0.1) is 30.0 Å². The highest BCUT2D eigenvalue weighted by atomic mass is 32.2. The van der Waals surface area contributed by atoms with Crippen LogP contribution in [0.15, 0.2) is 47.4 Å². The normalized spacial score (nSPS) is 14.1. The first-order chi connectivity index (χ1) is 13.9. The van der Waals surface area contributed by atoms with Crippen molar-refractivity contribution >= 4 is 27.3 Å². The monoisotopic (exact) mass is 420 g/mol. The number of nitrogens with one attached hydrogen (secondary N) is 1. The smallest absolute Gasteiger partial charge is 0.261 e. The first-order valence-corrected chi connectivity index (χ1v) is 10.7. The lowest BCUT2D eigenvalue weighted by molar-refractivity contribution is -0.117. The molecule has 0 aromatic heterocycles. The van der Waals surface area contributed by atoms with Gasteiger partial charge in [-0.2, -0.15) is 0 Å². The van der Waals surface area contributed by atoms with Crippen LogP contribution in [0.25, 0.3) is 0 Å². The van der Waals surface area contributed by atoms with E-state index in [1.54, 1.807) is 42.3 Å². The summed E-state index contributed by atoms with van der Waals surface area (Å²) in [5.74, 6) is 1.02. The molecule has 2 aromatic carbocycles. The molecule has 1 amide bonds. The Morgan fingerprint density at radius 3 is 2.45 bits per heavy atom. The molecule has 0 radical (unpaired) electrons. The third-order valence-electron chi connectivity index (χ3n) is 4.49. The van der Waals surface area contributed by atoms with Gasteiger partial charge in [-0.15, -0.1) is 0 Å². The van der Waals surface area contributed by atoms with E-state index in [1.807, 2.05) is 0 Å². The molecule has 0 saturated carbocycles. The zero-order chi connectivity index (χ0) is 20.9. The molecule has 1 heterocycles. The number of carbonyl (C=O) groups is 1. The van der Waals surface area contributed by atoms with Crippen molar-refractivity contribution in [3.8, 4) is 11.5 Å². The molecular weight excluding hydrogens is 396 g/mol. The van der Waals surface area contributed by atoms with Crippen LogP contribution in [0.5, 0.6) is 11.5 Å². The van der Waals surface area contributed by atoms with Gasteiger partial charge in [0.2, 0.25) is 5.91 Å². The second kappa shape index (κ2) is 9.15. The Bertz CT molecular complexity index is 959. The van der Waals surface area contributed by atoms with E-state index in [1.165, 1.54) is 19.2 Å². The Kier molecular flexibility index (Phi) is 6.60. The van der Waals surface area contributed by atoms with Crippen molar-refractivity contribution in [2.45, 2.75) is 17.7 Å². The van der Waals surface area contributed by atoms with E-state index in [-0.39, 0.29) is 10.8 Å². The average molecular weight is 420 g/mol. The number of anilines is 2. The molecule has 1 saturated heterocycles. The second-order valence-corrected chi connectivity index (χ2v) is 8.14. The summed E-state index contributed by atoms with van der Waals surface area (Å²) < 4.78 is 43.6. The first-order valence-electron chi connectivity index (χ1n) is 9.17. The Hall–Kier alpha value is -2.78. The predicted octanol–water partition coefficient (Wildman–Crippen LogP) is 2.65. The van der Waals surface area contributed by atoms with Gasteiger partial charge in [0.25, 0.3) is 10.0 Å². The van der Waals surface area contributed by atoms with Gasteiger partial charge < -0.3 is 19.1 Å². The van der Waals surface area contributed by atoms with Crippen molar-refractivity contribution in [3.05, 3.63) is 42.5 Å². The number of rotatable bonds is 9. The largest absolute Gasteiger partial charge is 0.494 e. The molecule has 0 atom stereocenters. The molecule has 3 rings (SSSR count). The maximum absolute atomic E-state index is 12.7. The van der Waals surface area contributed by atoms with Gasteiger partial charge >= 0.3 is 0 Å². The van der Waals surface area contributed by atoms with Gasteiger partial charge in [-0.1, -0.05) is 0 Å². The summed E-state index contributed by atoms with van der Waals surface area (Å²) in [6, 6.07) is 11.0. The lowest BCUT2D eigenvalue weighted by Gasteiger charge is -2.20. The van der Waals surface area contributed by atoms with Gasteiger partial charge in [-0.3, -0.25) is 9.52 Å². The molecule has 0 bridgehead atoms. The van der Waals surface area contributed by atoms with Crippen LogP contribution in [-0.4, -0.2) is 48.3 Å². The number of hydrogen-bond donors (Lipinski definition) is 1. The van der Waals surface area contributed by atoms with Crippen molar-refractivity contribution in [3.63, 3.8) is 0 Å². The molecule has 0 spiro atoms. The minimum absolute atomic E-state index is 0.0319. The van der Waals surface area contributed by atoms with Gasteiger partial charge in [0, 0.05) is 26.1 Å². The Labute approximate surface area is 170 Å². The molecule has 29 heavy (non-hydrogen) atoms. The highest BCUT2D eigenvalue weighted by Gasteiger charge is 2.25. The minimum Gasteiger partial charge on any atom is -0.494 e. The molecule has 1 aliphatic rings. The van der Waals surface area contributed by atoms with E-state index >= 15 is 0 Å². The van der Waals surface area contributed by atoms with E-state index in [4.69, 9.17) is 14.2 Å². The van der Waals surface area contributed by atoms with Crippen LogP contribution in [0, 0.1) is 0 Å². The minimum atomic E-state index is -3.79. The molecule has 2 aromatic rings. The number of benzene rings is 2. The molecule has 9 heteroatoms. The first kappa shape index (κ1) is 20.9. The van der Waals surface area contributed by atoms with Crippen molar-refractivity contribution in [1.29, 1.82) is 0 Å². The summed E-state index contributed by atoms with van der Waals surface area (Å²) >= 11 is 0. The van der Waals surface area contributed by atoms with Crippen molar-refractivity contribution < 1.29 is 27.4 Å². The lowest BCUT2D eigenvalue weighted by Crippen LogP contribution is -2.24. The van der Waals surface area contributed by atoms with E-state index < -0.39 is 10.0 Å². The number of hydrogen-bond acceptors (Lipinski definition) is 6. The van der Waals surface area contributed by atoms with Crippen molar-refractivity contribution in [1.82, 2.24) is 0 Å². The van der Waals surface area contributed by atoms with Crippen LogP contribution in [0.3, 0.4) is 0 Å². The predicted molar refractivity (Wildman–Crippen MR) is 109 cm³/mol. The summed E-state index contributed by atoms with van der Waals surface area (Å²) in [4.78, 5) is 13.8. The van der Waals surface area contributed by atoms with E-state index in [0.717, 1.165) is 6.42 Å². The maximum Gasteiger partial charge on any atom is 0.261 e. The highest BCUT2D eigenvalue weighted by molar-refractivity contribution is 7.92. The number of ether oxygens (including phenoxy) is 3. The van der Waals surface area contributed by atoms with E-state index in [9.17, 15) is 13.2 Å². The van der Waals surface area contributed by atoms with Gasteiger partial charge in [-0.25, -0.2) is 8.42 Å². The van der Waals surface area contributed by atoms with E-state index in [2.05, 4.69) is 4.72 Å². The molecule has 1 aliphatic heterocycles. The Morgan fingerprint density at radius 1 is 1.07 bits per heavy atom. The summed E-state index contributed by atoms with van der Waals surface area (Å²) in [6.45, 7) is 1.45. The van der Waals surface area contributed by atoms with Crippen molar-refractivity contribution in [2.24, 2.45) is 0 Å². The lowest BCUT2D eigenvalue weighted by atomic mass is 10.2. The summed E-state index contributed by atoms with van der Waals surface area (Å²) in [5, 5.41) is 0. The number of methoxy groups -OCH3 is 2. The second-order valence-electron chi connectivity index (χ2n) is 6.45. The van der Waals surface area contributed by atoms with Crippen LogP contribution >= 0.6 is 0 Å². The summed E-state index contributed by atoms with van der Waals surface area (Å²) in [6.07, 6.45) is 1.30. The average Bonchev–Trinajstić information content (AvgIpc) is 3.14. The molecule has 0 unspecified atom stereocenters. The number of nitrogens with zero attached hydrogens (tertiary/aromatic N) is 1. The highest BCUT2D eigenvalue weighted by Crippen LogP contribution is 2.34. The van der Waals surface area contributed by atoms with Crippen LogP contribution in [0.1, 0.15) is 12.8 Å². The molecular formula is C20H24N2O6S. The number of carbonyl (C=O) groups excluding carboxylic acids is 1.